The summed E-state index contributed by atoms with van der Waals surface area (Å²) in [6.45, 7) is 2.66. The van der Waals surface area contributed by atoms with Gasteiger partial charge in [0.25, 0.3) is 0 Å². The SMILES string of the molecule is CC(O)C[N+](C)(C)CI. The summed E-state index contributed by atoms with van der Waals surface area (Å²) in [5, 5.41) is 9.00. The number of nitrogens with zero attached hydrogens (tertiary/aromatic N) is 1. The van der Waals surface area contributed by atoms with E-state index in [1.807, 2.05) is 6.92 Å². The first-order valence-electron chi connectivity index (χ1n) is 3.04. The van der Waals surface area contributed by atoms with Gasteiger partial charge < -0.3 is 9.59 Å². The van der Waals surface area contributed by atoms with Crippen LogP contribution in [0.4, 0.5) is 0 Å². The van der Waals surface area contributed by atoms with Crippen molar-refractivity contribution in [2.45, 2.75) is 13.0 Å². The fourth-order valence-corrected chi connectivity index (χ4v) is 1.04. The van der Waals surface area contributed by atoms with E-state index < -0.39 is 0 Å². The maximum absolute atomic E-state index is 9.00. The molecule has 0 aromatic carbocycles. The molecule has 56 valence electrons. The van der Waals surface area contributed by atoms with Crippen molar-refractivity contribution in [3.8, 4) is 0 Å². The van der Waals surface area contributed by atoms with Gasteiger partial charge in [-0.05, 0) is 29.5 Å². The van der Waals surface area contributed by atoms with Crippen LogP contribution in [0.3, 0.4) is 0 Å². The molecule has 1 N–H and O–H groups in total. The second-order valence-corrected chi connectivity index (χ2v) is 3.77. The fraction of sp³-hybridized carbons (Fsp3) is 1.00. The third kappa shape index (κ3) is 5.11. The van der Waals surface area contributed by atoms with Crippen LogP contribution in [-0.2, 0) is 0 Å². The van der Waals surface area contributed by atoms with E-state index in [-0.39, 0.29) is 6.10 Å². The Balaban J connectivity index is 3.58. The summed E-state index contributed by atoms with van der Waals surface area (Å²) in [4.78, 5) is 0. The molecule has 3 heteroatoms. The number of aliphatic hydroxyl groups is 1. The highest BCUT2D eigenvalue weighted by atomic mass is 127. The Morgan fingerprint density at radius 3 is 2.11 bits per heavy atom. The molecule has 0 fully saturated rings. The lowest BCUT2D eigenvalue weighted by molar-refractivity contribution is -0.877. The summed E-state index contributed by atoms with van der Waals surface area (Å²) in [6, 6.07) is 0. The van der Waals surface area contributed by atoms with E-state index in [2.05, 4.69) is 36.7 Å². The van der Waals surface area contributed by atoms with Crippen molar-refractivity contribution in [3.05, 3.63) is 0 Å². The lowest BCUT2D eigenvalue weighted by atomic mass is 10.3. The van der Waals surface area contributed by atoms with Crippen LogP contribution >= 0.6 is 22.6 Å². The van der Waals surface area contributed by atoms with Crippen molar-refractivity contribution in [1.29, 1.82) is 0 Å². The number of quaternary nitrogens is 1. The zero-order valence-corrected chi connectivity index (χ0v) is 8.42. The van der Waals surface area contributed by atoms with Crippen molar-refractivity contribution < 1.29 is 9.59 Å². The van der Waals surface area contributed by atoms with Crippen molar-refractivity contribution >= 4 is 22.6 Å². The molecule has 0 bridgehead atoms. The van der Waals surface area contributed by atoms with Crippen LogP contribution in [0.25, 0.3) is 0 Å². The molecule has 0 aliphatic rings. The first-order valence-corrected chi connectivity index (χ1v) is 4.56. The van der Waals surface area contributed by atoms with Crippen LogP contribution in [0.1, 0.15) is 6.92 Å². The molecular formula is C6H15INO+. The van der Waals surface area contributed by atoms with E-state index >= 15 is 0 Å². The molecule has 0 radical (unpaired) electrons. The third-order valence-corrected chi connectivity index (χ3v) is 2.93. The van der Waals surface area contributed by atoms with E-state index in [0.717, 1.165) is 15.6 Å². The Morgan fingerprint density at radius 1 is 1.56 bits per heavy atom. The lowest BCUT2D eigenvalue weighted by Crippen LogP contribution is -2.43. The second kappa shape index (κ2) is 3.73. The predicted octanol–water partition coefficient (Wildman–Crippen LogP) is 0.836. The molecule has 0 aliphatic heterocycles. The maximum Gasteiger partial charge on any atom is 0.129 e. The smallest absolute Gasteiger partial charge is 0.129 e. The largest absolute Gasteiger partial charge is 0.388 e. The molecule has 9 heavy (non-hydrogen) atoms. The minimum absolute atomic E-state index is 0.185. The number of aliphatic hydroxyl groups excluding tert-OH is 1. The van der Waals surface area contributed by atoms with E-state index in [9.17, 15) is 0 Å². The molecule has 2 nitrogen and oxygen atoms in total. The monoisotopic (exact) mass is 244 g/mol. The average Bonchev–Trinajstić information content (AvgIpc) is 1.63. The highest BCUT2D eigenvalue weighted by Crippen LogP contribution is 2.02. The minimum atomic E-state index is -0.185. The van der Waals surface area contributed by atoms with Crippen LogP contribution in [0.5, 0.6) is 0 Å². The summed E-state index contributed by atoms with van der Waals surface area (Å²) in [5.41, 5.74) is 0. The fourth-order valence-electron chi connectivity index (χ4n) is 0.764. The van der Waals surface area contributed by atoms with Crippen molar-refractivity contribution in [1.82, 2.24) is 0 Å². The molecule has 0 saturated heterocycles. The number of hydrogen-bond acceptors (Lipinski definition) is 1. The van der Waals surface area contributed by atoms with Crippen molar-refractivity contribution in [2.75, 3.05) is 25.2 Å². The normalized spacial score (nSPS) is 15.7. The third-order valence-electron chi connectivity index (χ3n) is 1.08. The van der Waals surface area contributed by atoms with Crippen LogP contribution in [0.15, 0.2) is 0 Å². The molecule has 0 amide bonds. The Bertz CT molecular complexity index is 83.1. The van der Waals surface area contributed by atoms with Gasteiger partial charge >= 0.3 is 0 Å². The van der Waals surface area contributed by atoms with Crippen molar-refractivity contribution in [3.63, 3.8) is 0 Å². The van der Waals surface area contributed by atoms with Gasteiger partial charge in [-0.3, -0.25) is 0 Å². The predicted molar refractivity (Wildman–Crippen MR) is 47.5 cm³/mol. The molecule has 1 unspecified atom stereocenters. The van der Waals surface area contributed by atoms with E-state index in [0.29, 0.717) is 0 Å². The summed E-state index contributed by atoms with van der Waals surface area (Å²) in [5.74, 6) is 0. The van der Waals surface area contributed by atoms with Gasteiger partial charge in [-0.1, -0.05) is 0 Å². The number of rotatable bonds is 3. The molecule has 0 saturated carbocycles. The zero-order valence-electron chi connectivity index (χ0n) is 6.26. The molecular weight excluding hydrogens is 229 g/mol. The molecule has 0 aliphatic carbocycles. The standard InChI is InChI=1S/C6H15INO/c1-6(9)4-8(2,3)5-7/h6,9H,4-5H2,1-3H3/q+1. The lowest BCUT2D eigenvalue weighted by Gasteiger charge is -2.28. The summed E-state index contributed by atoms with van der Waals surface area (Å²) < 4.78 is 1.93. The van der Waals surface area contributed by atoms with Gasteiger partial charge in [0.1, 0.15) is 17.2 Å². The summed E-state index contributed by atoms with van der Waals surface area (Å²) in [6.07, 6.45) is -0.185. The van der Waals surface area contributed by atoms with Gasteiger partial charge in [0.2, 0.25) is 0 Å². The van der Waals surface area contributed by atoms with E-state index in [4.69, 9.17) is 5.11 Å². The number of halogens is 1. The van der Waals surface area contributed by atoms with Crippen molar-refractivity contribution in [2.24, 2.45) is 0 Å². The number of alkyl halides is 1. The Hall–Kier alpha value is 0.650. The minimum Gasteiger partial charge on any atom is -0.388 e. The van der Waals surface area contributed by atoms with E-state index in [1.54, 1.807) is 0 Å². The first kappa shape index (κ1) is 9.65. The Labute approximate surface area is 70.6 Å². The quantitative estimate of drug-likeness (QED) is 0.337. The molecule has 0 rings (SSSR count). The van der Waals surface area contributed by atoms with E-state index in [1.165, 1.54) is 0 Å². The number of hydrogen-bond donors (Lipinski definition) is 1. The molecule has 0 spiro atoms. The maximum atomic E-state index is 9.00. The Kier molecular flexibility index (Phi) is 4.00. The van der Waals surface area contributed by atoms with Crippen LogP contribution in [-0.4, -0.2) is 40.9 Å². The average molecular weight is 244 g/mol. The summed E-state index contributed by atoms with van der Waals surface area (Å²) >= 11 is 2.32. The van der Waals surface area contributed by atoms with Gasteiger partial charge in [-0.2, -0.15) is 0 Å². The first-order chi connectivity index (χ1) is 3.98. The van der Waals surface area contributed by atoms with Gasteiger partial charge in [-0.15, -0.1) is 0 Å². The number of likely N-dealkylation sites (N-methyl/N-ethyl adjacent to an activating group) is 1. The van der Waals surface area contributed by atoms with Gasteiger partial charge in [0, 0.05) is 0 Å². The molecule has 0 heterocycles. The molecule has 1 atom stereocenters. The molecule has 0 aromatic rings. The van der Waals surface area contributed by atoms with Crippen LogP contribution < -0.4 is 0 Å². The van der Waals surface area contributed by atoms with Gasteiger partial charge in [0.05, 0.1) is 14.1 Å². The topological polar surface area (TPSA) is 20.2 Å². The summed E-state index contributed by atoms with van der Waals surface area (Å²) in [7, 11) is 4.22. The van der Waals surface area contributed by atoms with Crippen LogP contribution in [0, 0.1) is 0 Å². The highest BCUT2D eigenvalue weighted by molar-refractivity contribution is 14.1. The van der Waals surface area contributed by atoms with Gasteiger partial charge in [-0.25, -0.2) is 0 Å². The zero-order chi connectivity index (χ0) is 7.49. The Morgan fingerprint density at radius 2 is 2.00 bits per heavy atom. The van der Waals surface area contributed by atoms with Gasteiger partial charge in [0.15, 0.2) is 0 Å². The second-order valence-electron chi connectivity index (χ2n) is 3.09. The highest BCUT2D eigenvalue weighted by Gasteiger charge is 2.14. The molecule has 0 aromatic heterocycles. The van der Waals surface area contributed by atoms with Crippen LogP contribution in [0.2, 0.25) is 0 Å².